The Morgan fingerprint density at radius 1 is 1.09 bits per heavy atom. The van der Waals surface area contributed by atoms with Crippen LogP contribution >= 0.6 is 0 Å². The van der Waals surface area contributed by atoms with Gasteiger partial charge in [-0.2, -0.15) is 5.10 Å². The second kappa shape index (κ2) is 8.48. The molecule has 5 nitrogen and oxygen atoms in total. The number of anilines is 1. The third kappa shape index (κ3) is 5.06. The van der Waals surface area contributed by atoms with Crippen LogP contribution in [0.4, 0.5) is 5.82 Å². The normalized spacial score (nSPS) is 21.0. The van der Waals surface area contributed by atoms with Crippen molar-refractivity contribution in [1.82, 2.24) is 14.7 Å². The third-order valence-electron chi connectivity index (χ3n) is 5.21. The Kier molecular flexibility index (Phi) is 6.08. The van der Waals surface area contributed by atoms with Crippen LogP contribution in [0.2, 0.25) is 0 Å². The number of hydrogen-bond acceptors (Lipinski definition) is 3. The maximum atomic E-state index is 12.3. The lowest BCUT2D eigenvalue weighted by atomic mass is 9.89. The number of carbonyl (C=O) groups is 1. The van der Waals surface area contributed by atoms with Crippen molar-refractivity contribution in [2.24, 2.45) is 5.92 Å². The molecule has 0 aromatic carbocycles. The Hall–Kier alpha value is -1.36. The van der Waals surface area contributed by atoms with Crippen LogP contribution < -0.4 is 5.32 Å². The van der Waals surface area contributed by atoms with Crippen LogP contribution in [0.5, 0.6) is 0 Å². The minimum Gasteiger partial charge on any atom is -0.310 e. The van der Waals surface area contributed by atoms with Crippen LogP contribution in [0.25, 0.3) is 0 Å². The van der Waals surface area contributed by atoms with Crippen molar-refractivity contribution >= 4 is 11.7 Å². The van der Waals surface area contributed by atoms with Gasteiger partial charge in [0.2, 0.25) is 5.91 Å². The predicted molar refractivity (Wildman–Crippen MR) is 92.3 cm³/mol. The Labute approximate surface area is 139 Å². The van der Waals surface area contributed by atoms with E-state index in [1.54, 1.807) is 6.20 Å². The predicted octanol–water partition coefficient (Wildman–Crippen LogP) is 3.28. The molecule has 5 heteroatoms. The van der Waals surface area contributed by atoms with Gasteiger partial charge in [0.25, 0.3) is 0 Å². The SMILES string of the molecule is O=C(CN1CCCCCC1)Nc1ccnn1CC1CCCCC1. The van der Waals surface area contributed by atoms with Gasteiger partial charge in [0, 0.05) is 12.6 Å². The molecule has 0 spiro atoms. The molecular weight excluding hydrogens is 288 g/mol. The quantitative estimate of drug-likeness (QED) is 0.906. The van der Waals surface area contributed by atoms with E-state index in [-0.39, 0.29) is 5.91 Å². The van der Waals surface area contributed by atoms with E-state index >= 15 is 0 Å². The molecule has 23 heavy (non-hydrogen) atoms. The van der Waals surface area contributed by atoms with E-state index in [9.17, 15) is 4.79 Å². The fourth-order valence-corrected chi connectivity index (χ4v) is 3.88. The molecule has 1 aromatic rings. The minimum atomic E-state index is 0.0947. The number of likely N-dealkylation sites (tertiary alicyclic amines) is 1. The summed E-state index contributed by atoms with van der Waals surface area (Å²) in [6, 6.07) is 1.92. The average molecular weight is 318 g/mol. The highest BCUT2D eigenvalue weighted by Gasteiger charge is 2.17. The molecule has 1 saturated heterocycles. The molecule has 2 fully saturated rings. The maximum Gasteiger partial charge on any atom is 0.239 e. The fraction of sp³-hybridized carbons (Fsp3) is 0.778. The molecule has 1 aromatic heterocycles. The first-order chi connectivity index (χ1) is 11.3. The van der Waals surface area contributed by atoms with E-state index in [1.165, 1.54) is 57.8 Å². The van der Waals surface area contributed by atoms with Gasteiger partial charge in [-0.05, 0) is 44.7 Å². The molecule has 0 unspecified atom stereocenters. The third-order valence-corrected chi connectivity index (χ3v) is 5.21. The number of aromatic nitrogens is 2. The Morgan fingerprint density at radius 3 is 2.52 bits per heavy atom. The standard InChI is InChI=1S/C18H30N4O/c23-18(15-21-12-6-1-2-7-13-21)20-17-10-11-19-22(17)14-16-8-4-3-5-9-16/h10-11,16H,1-9,12-15H2,(H,20,23). The van der Waals surface area contributed by atoms with Crippen LogP contribution in [0.3, 0.4) is 0 Å². The van der Waals surface area contributed by atoms with E-state index in [0.717, 1.165) is 25.5 Å². The first-order valence-electron chi connectivity index (χ1n) is 9.35. The molecule has 2 heterocycles. The second-order valence-electron chi connectivity index (χ2n) is 7.14. The highest BCUT2D eigenvalue weighted by Crippen LogP contribution is 2.25. The summed E-state index contributed by atoms with van der Waals surface area (Å²) in [7, 11) is 0. The number of rotatable bonds is 5. The van der Waals surface area contributed by atoms with E-state index in [2.05, 4.69) is 15.3 Å². The van der Waals surface area contributed by atoms with Gasteiger partial charge in [0.1, 0.15) is 5.82 Å². The molecular formula is C18H30N4O. The van der Waals surface area contributed by atoms with E-state index < -0.39 is 0 Å². The van der Waals surface area contributed by atoms with Gasteiger partial charge >= 0.3 is 0 Å². The van der Waals surface area contributed by atoms with Gasteiger partial charge in [-0.1, -0.05) is 32.1 Å². The maximum absolute atomic E-state index is 12.3. The van der Waals surface area contributed by atoms with Gasteiger partial charge in [-0.3, -0.25) is 9.69 Å². The lowest BCUT2D eigenvalue weighted by Crippen LogP contribution is -2.34. The van der Waals surface area contributed by atoms with Crippen LogP contribution in [0.15, 0.2) is 12.3 Å². The molecule has 1 saturated carbocycles. The summed E-state index contributed by atoms with van der Waals surface area (Å²) in [6.07, 6.45) is 13.4. The first-order valence-corrected chi connectivity index (χ1v) is 9.35. The molecule has 1 amide bonds. The fourth-order valence-electron chi connectivity index (χ4n) is 3.88. The van der Waals surface area contributed by atoms with Crippen molar-refractivity contribution in [3.63, 3.8) is 0 Å². The van der Waals surface area contributed by atoms with Gasteiger partial charge < -0.3 is 5.32 Å². The molecule has 0 radical (unpaired) electrons. The molecule has 1 aliphatic heterocycles. The van der Waals surface area contributed by atoms with Crippen LogP contribution in [0.1, 0.15) is 57.8 Å². The number of nitrogens with one attached hydrogen (secondary N) is 1. The van der Waals surface area contributed by atoms with Crippen molar-refractivity contribution in [2.75, 3.05) is 25.0 Å². The van der Waals surface area contributed by atoms with Gasteiger partial charge in [0.15, 0.2) is 0 Å². The first kappa shape index (κ1) is 16.5. The lowest BCUT2D eigenvalue weighted by Gasteiger charge is -2.23. The molecule has 1 N–H and O–H groups in total. The number of carbonyl (C=O) groups excluding carboxylic acids is 1. The topological polar surface area (TPSA) is 50.2 Å². The highest BCUT2D eigenvalue weighted by molar-refractivity contribution is 5.91. The van der Waals surface area contributed by atoms with Crippen molar-refractivity contribution in [3.8, 4) is 0 Å². The summed E-state index contributed by atoms with van der Waals surface area (Å²) in [5.74, 6) is 1.66. The van der Waals surface area contributed by atoms with Crippen molar-refractivity contribution in [2.45, 2.75) is 64.3 Å². The van der Waals surface area contributed by atoms with E-state index in [4.69, 9.17) is 0 Å². The van der Waals surface area contributed by atoms with Crippen molar-refractivity contribution in [1.29, 1.82) is 0 Å². The van der Waals surface area contributed by atoms with Crippen LogP contribution in [-0.4, -0.2) is 40.2 Å². The average Bonchev–Trinajstić information content (AvgIpc) is 2.82. The number of amides is 1. The van der Waals surface area contributed by atoms with E-state index in [0.29, 0.717) is 12.5 Å². The molecule has 1 aliphatic carbocycles. The smallest absolute Gasteiger partial charge is 0.239 e. The summed E-state index contributed by atoms with van der Waals surface area (Å²) in [6.45, 7) is 3.55. The summed E-state index contributed by atoms with van der Waals surface area (Å²) >= 11 is 0. The Balaban J connectivity index is 1.50. The summed E-state index contributed by atoms with van der Waals surface area (Å²) < 4.78 is 1.98. The largest absolute Gasteiger partial charge is 0.310 e. The minimum absolute atomic E-state index is 0.0947. The number of nitrogens with zero attached hydrogens (tertiary/aromatic N) is 3. The van der Waals surface area contributed by atoms with Crippen molar-refractivity contribution in [3.05, 3.63) is 12.3 Å². The van der Waals surface area contributed by atoms with Gasteiger partial charge in [0.05, 0.1) is 12.7 Å². The molecule has 0 bridgehead atoms. The molecule has 3 rings (SSSR count). The molecule has 2 aliphatic rings. The van der Waals surface area contributed by atoms with Crippen LogP contribution in [-0.2, 0) is 11.3 Å². The van der Waals surface area contributed by atoms with Gasteiger partial charge in [-0.25, -0.2) is 4.68 Å². The monoisotopic (exact) mass is 318 g/mol. The Bertz CT molecular complexity index is 485. The second-order valence-corrected chi connectivity index (χ2v) is 7.14. The zero-order valence-electron chi connectivity index (χ0n) is 14.2. The lowest BCUT2D eigenvalue weighted by molar-refractivity contribution is -0.117. The van der Waals surface area contributed by atoms with Crippen LogP contribution in [0, 0.1) is 5.92 Å². The summed E-state index contributed by atoms with van der Waals surface area (Å²) in [5.41, 5.74) is 0. The highest BCUT2D eigenvalue weighted by atomic mass is 16.2. The summed E-state index contributed by atoms with van der Waals surface area (Å²) in [5, 5.41) is 7.48. The van der Waals surface area contributed by atoms with E-state index in [1.807, 2.05) is 10.7 Å². The Morgan fingerprint density at radius 2 is 1.78 bits per heavy atom. The van der Waals surface area contributed by atoms with Gasteiger partial charge in [-0.15, -0.1) is 0 Å². The van der Waals surface area contributed by atoms with Crippen molar-refractivity contribution < 1.29 is 4.79 Å². The molecule has 0 atom stereocenters. The zero-order chi connectivity index (χ0) is 15.9. The molecule has 128 valence electrons. The number of hydrogen-bond donors (Lipinski definition) is 1. The summed E-state index contributed by atoms with van der Waals surface area (Å²) in [4.78, 5) is 14.6. The zero-order valence-corrected chi connectivity index (χ0v) is 14.2.